The Morgan fingerprint density at radius 2 is 1.77 bits per heavy atom. The minimum absolute atomic E-state index is 0.0149. The predicted molar refractivity (Wildman–Crippen MR) is 179 cm³/mol. The first-order valence-corrected chi connectivity index (χ1v) is 16.6. The molecule has 0 spiro atoms. The number of alkyl halides is 5. The van der Waals surface area contributed by atoms with Crippen LogP contribution in [-0.4, -0.2) is 65.7 Å². The molecular weight excluding hydrogens is 711 g/mol. The van der Waals surface area contributed by atoms with Crippen LogP contribution >= 0.6 is 11.6 Å². The topological polar surface area (TPSA) is 141 Å². The third-order valence-electron chi connectivity index (χ3n) is 9.36. The molecule has 0 radical (unpaired) electrons. The largest absolute Gasteiger partial charge is 0.463 e. The number of nitrogens with two attached hydrogens (primary N) is 1. The highest BCUT2D eigenvalue weighted by atomic mass is 35.5. The maximum absolute atomic E-state index is 15.6. The number of ether oxygens (including phenoxy) is 1. The molecule has 2 aromatic carbocycles. The van der Waals surface area contributed by atoms with E-state index in [4.69, 9.17) is 22.1 Å². The Morgan fingerprint density at radius 1 is 1.06 bits per heavy atom. The summed E-state index contributed by atoms with van der Waals surface area (Å²) in [4.78, 5) is 45.4. The Hall–Kier alpha value is -4.99. The van der Waals surface area contributed by atoms with Crippen LogP contribution in [0.4, 0.5) is 22.0 Å². The third kappa shape index (κ3) is 7.07. The maximum atomic E-state index is 15.6. The standard InChI is InChI=1S/C35H34ClF5N8O3/c1-32(2,39)18-35(22-7-4-20(5-8-22)24-16-43-12-13-44-24)30(51)48(31(42)47-35)26(17-52-27(50)15-34(10-11-34)33(3,40)41)21-6-9-23(36)25(14-21)49-29(28(37)38)45-19-46-49/h4-9,12-14,16,19,26,28H,10-11,15,17-18H2,1-3H3,(H2,42,47)/t26-,35-/m1/s1. The number of aromatic nitrogens is 5. The highest BCUT2D eigenvalue weighted by Gasteiger charge is 2.60. The van der Waals surface area contributed by atoms with Gasteiger partial charge < -0.3 is 10.5 Å². The Bertz CT molecular complexity index is 2000. The first-order valence-electron chi connectivity index (χ1n) is 16.2. The zero-order chi connectivity index (χ0) is 37.6. The van der Waals surface area contributed by atoms with Gasteiger partial charge in [0.05, 0.1) is 35.1 Å². The minimum atomic E-state index is -3.14. The number of amides is 1. The summed E-state index contributed by atoms with van der Waals surface area (Å²) in [5.41, 5.74) is 2.69. The quantitative estimate of drug-likeness (QED) is 0.115. The van der Waals surface area contributed by atoms with Gasteiger partial charge in [0.25, 0.3) is 18.3 Å². The van der Waals surface area contributed by atoms with Crippen molar-refractivity contribution in [1.82, 2.24) is 29.6 Å². The van der Waals surface area contributed by atoms with Gasteiger partial charge in [-0.3, -0.25) is 24.5 Å². The molecule has 2 aromatic heterocycles. The average Bonchev–Trinajstić information content (AvgIpc) is 3.63. The summed E-state index contributed by atoms with van der Waals surface area (Å²) in [6.45, 7) is 2.69. The molecule has 2 aliphatic rings. The molecule has 1 saturated carbocycles. The van der Waals surface area contributed by atoms with E-state index in [1.807, 2.05) is 0 Å². The Kier molecular flexibility index (Phi) is 9.57. The number of aliphatic imine (C=N–C) groups is 1. The molecule has 2 atom stereocenters. The van der Waals surface area contributed by atoms with E-state index in [0.717, 1.165) is 22.8 Å². The van der Waals surface area contributed by atoms with Crippen molar-refractivity contribution in [2.75, 3.05) is 6.61 Å². The van der Waals surface area contributed by atoms with Gasteiger partial charge >= 0.3 is 5.97 Å². The summed E-state index contributed by atoms with van der Waals surface area (Å²) in [7, 11) is 0. The number of halogens is 6. The van der Waals surface area contributed by atoms with Gasteiger partial charge in [0.15, 0.2) is 17.3 Å². The summed E-state index contributed by atoms with van der Waals surface area (Å²) in [6.07, 6.45) is 1.69. The van der Waals surface area contributed by atoms with Crippen LogP contribution in [-0.2, 0) is 19.9 Å². The van der Waals surface area contributed by atoms with Gasteiger partial charge in [0.1, 0.15) is 18.6 Å². The number of carbonyl (C=O) groups is 2. The van der Waals surface area contributed by atoms with Gasteiger partial charge in [-0.1, -0.05) is 41.9 Å². The van der Waals surface area contributed by atoms with Crippen LogP contribution in [0.1, 0.15) is 75.9 Å². The van der Waals surface area contributed by atoms with Crippen LogP contribution in [0, 0.1) is 5.41 Å². The third-order valence-corrected chi connectivity index (χ3v) is 9.68. The van der Waals surface area contributed by atoms with Crippen molar-refractivity contribution < 1.29 is 36.3 Å². The first-order chi connectivity index (χ1) is 24.4. The molecule has 2 N–H and O–H groups in total. The summed E-state index contributed by atoms with van der Waals surface area (Å²) in [5, 5.41) is 3.86. The SMILES string of the molecule is CC(C)(F)C[C@]1(c2ccc(-c3cnccn3)cc2)N=C(N)N([C@H](COC(=O)CC2(C(C)(F)F)CC2)c2ccc(Cl)c(-n3ncnc3C(F)F)c2)C1=O. The van der Waals surface area contributed by atoms with Gasteiger partial charge in [-0.2, -0.15) is 5.10 Å². The molecule has 11 nitrogen and oxygen atoms in total. The summed E-state index contributed by atoms with van der Waals surface area (Å²) >= 11 is 6.42. The van der Waals surface area contributed by atoms with Crippen LogP contribution in [0.15, 0.2) is 72.4 Å². The van der Waals surface area contributed by atoms with Gasteiger partial charge in [-0.25, -0.2) is 36.6 Å². The molecule has 274 valence electrons. The zero-order valence-corrected chi connectivity index (χ0v) is 29.0. The van der Waals surface area contributed by atoms with Gasteiger partial charge in [-0.15, -0.1) is 0 Å². The number of hydrogen-bond acceptors (Lipinski definition) is 9. The molecule has 3 heterocycles. The molecule has 0 unspecified atom stereocenters. The molecule has 52 heavy (non-hydrogen) atoms. The van der Waals surface area contributed by atoms with Crippen LogP contribution < -0.4 is 5.73 Å². The smallest absolute Gasteiger partial charge is 0.306 e. The van der Waals surface area contributed by atoms with Gasteiger partial charge in [0, 0.05) is 29.8 Å². The van der Waals surface area contributed by atoms with Crippen LogP contribution in [0.3, 0.4) is 0 Å². The van der Waals surface area contributed by atoms with Crippen LogP contribution in [0.25, 0.3) is 16.9 Å². The molecule has 1 aliphatic heterocycles. The van der Waals surface area contributed by atoms with E-state index in [1.165, 1.54) is 44.4 Å². The van der Waals surface area contributed by atoms with E-state index < -0.39 is 72.2 Å². The summed E-state index contributed by atoms with van der Waals surface area (Å²) < 4.78 is 78.3. The second-order valence-electron chi connectivity index (χ2n) is 13.7. The fourth-order valence-electron chi connectivity index (χ4n) is 6.51. The molecule has 0 saturated heterocycles. The van der Waals surface area contributed by atoms with Crippen molar-refractivity contribution in [2.24, 2.45) is 16.1 Å². The fourth-order valence-corrected chi connectivity index (χ4v) is 6.70. The van der Waals surface area contributed by atoms with E-state index in [0.29, 0.717) is 16.8 Å². The number of rotatable bonds is 13. The molecular formula is C35H34ClF5N8O3. The lowest BCUT2D eigenvalue weighted by Gasteiger charge is -2.33. The average molecular weight is 745 g/mol. The number of guanidine groups is 1. The second-order valence-corrected chi connectivity index (χ2v) is 14.1. The Morgan fingerprint density at radius 3 is 2.37 bits per heavy atom. The molecule has 0 bridgehead atoms. The van der Waals surface area contributed by atoms with E-state index in [-0.39, 0.29) is 35.1 Å². The predicted octanol–water partition coefficient (Wildman–Crippen LogP) is 6.92. The molecule has 4 aromatic rings. The lowest BCUT2D eigenvalue weighted by molar-refractivity contribution is -0.153. The fraction of sp³-hybridized carbons (Fsp3) is 0.400. The van der Waals surface area contributed by atoms with Crippen molar-refractivity contribution in [3.05, 3.63) is 89.4 Å². The summed E-state index contributed by atoms with van der Waals surface area (Å²) in [5.74, 6) is -5.96. The highest BCUT2D eigenvalue weighted by molar-refractivity contribution is 6.32. The maximum Gasteiger partial charge on any atom is 0.306 e. The van der Waals surface area contributed by atoms with Crippen molar-refractivity contribution in [3.8, 4) is 16.9 Å². The number of hydrogen-bond donors (Lipinski definition) is 1. The van der Waals surface area contributed by atoms with Crippen LogP contribution in [0.2, 0.25) is 5.02 Å². The molecule has 6 rings (SSSR count). The number of carbonyl (C=O) groups excluding carboxylic acids is 2. The van der Waals surface area contributed by atoms with Crippen molar-refractivity contribution in [3.63, 3.8) is 0 Å². The lowest BCUT2D eigenvalue weighted by Crippen LogP contribution is -2.48. The van der Waals surface area contributed by atoms with Crippen molar-refractivity contribution in [2.45, 2.75) is 76.1 Å². The zero-order valence-electron chi connectivity index (χ0n) is 28.2. The van der Waals surface area contributed by atoms with Gasteiger partial charge in [-0.05, 0) is 56.9 Å². The van der Waals surface area contributed by atoms with Gasteiger partial charge in [0.2, 0.25) is 0 Å². The number of nitrogens with zero attached hydrogens (tertiary/aromatic N) is 7. The second kappa shape index (κ2) is 13.5. The highest BCUT2D eigenvalue weighted by Crippen LogP contribution is 2.59. The molecule has 17 heteroatoms. The number of benzene rings is 2. The lowest BCUT2D eigenvalue weighted by atomic mass is 9.80. The molecule has 1 fully saturated rings. The Labute approximate surface area is 300 Å². The van der Waals surface area contributed by atoms with Crippen molar-refractivity contribution in [1.29, 1.82) is 0 Å². The van der Waals surface area contributed by atoms with Crippen LogP contribution in [0.5, 0.6) is 0 Å². The minimum Gasteiger partial charge on any atom is -0.463 e. The monoisotopic (exact) mass is 744 g/mol. The van der Waals surface area contributed by atoms with E-state index in [2.05, 4.69) is 25.0 Å². The van der Waals surface area contributed by atoms with E-state index in [9.17, 15) is 27.2 Å². The van der Waals surface area contributed by atoms with Crippen molar-refractivity contribution >= 4 is 29.4 Å². The molecule has 1 amide bonds. The van der Waals surface area contributed by atoms with E-state index >= 15 is 4.39 Å². The Balaban J connectivity index is 1.41. The first kappa shape index (κ1) is 36.8. The number of esters is 1. The summed E-state index contributed by atoms with van der Waals surface area (Å²) in [6, 6.07) is 9.37. The normalized spacial score (nSPS) is 19.2. The van der Waals surface area contributed by atoms with E-state index in [1.54, 1.807) is 30.5 Å². The molecule has 1 aliphatic carbocycles.